The molecule has 3 aromatic rings. The van der Waals surface area contributed by atoms with Gasteiger partial charge < -0.3 is 24.6 Å². The zero-order chi connectivity index (χ0) is 23.1. The average molecular weight is 457 g/mol. The first-order chi connectivity index (χ1) is 15.4. The lowest BCUT2D eigenvalue weighted by atomic mass is 10.0. The molecule has 0 spiro atoms. The van der Waals surface area contributed by atoms with Gasteiger partial charge in [-0.25, -0.2) is 4.98 Å². The third kappa shape index (κ3) is 5.76. The number of hydrogen-bond acceptors (Lipinski definition) is 7. The first-order valence-corrected chi connectivity index (χ1v) is 10.6. The van der Waals surface area contributed by atoms with Crippen molar-refractivity contribution in [2.45, 2.75) is 18.9 Å². The smallest absolute Gasteiger partial charge is 0.305 e. The maximum atomic E-state index is 12.7. The summed E-state index contributed by atoms with van der Waals surface area (Å²) in [5, 5.41) is 14.7. The molecule has 1 aromatic heterocycles. The summed E-state index contributed by atoms with van der Waals surface area (Å²) < 4.78 is 15.8. The monoisotopic (exact) mass is 456 g/mol. The largest absolute Gasteiger partial charge is 0.497 e. The van der Waals surface area contributed by atoms with Crippen molar-refractivity contribution in [2.75, 3.05) is 21.3 Å². The topological polar surface area (TPSA) is 107 Å². The normalized spacial score (nSPS) is 11.5. The lowest BCUT2D eigenvalue weighted by molar-refractivity contribution is -0.137. The summed E-state index contributed by atoms with van der Waals surface area (Å²) in [6.07, 6.45) is -0.239. The number of benzene rings is 2. The van der Waals surface area contributed by atoms with Crippen LogP contribution in [-0.4, -0.2) is 43.3 Å². The Bertz CT molecular complexity index is 1100. The van der Waals surface area contributed by atoms with Gasteiger partial charge >= 0.3 is 5.97 Å². The standard InChI is InChI=1S/C23H24N2O6S/c1-29-17-6-4-5-15(9-17)23-24-16(13-32-23)11-21(26)25-18(12-22(27)28)14-7-8-19(30-2)20(10-14)31-3/h4-10,13,18H,11-12H2,1-3H3,(H,25,26)(H,27,28)/t18-/m1/s1. The summed E-state index contributed by atoms with van der Waals surface area (Å²) in [6.45, 7) is 0. The number of aromatic nitrogens is 1. The molecule has 0 aliphatic rings. The van der Waals surface area contributed by atoms with E-state index in [1.807, 2.05) is 29.6 Å². The lowest BCUT2D eigenvalue weighted by Crippen LogP contribution is -2.31. The number of carboxylic acids is 1. The second-order valence-electron chi connectivity index (χ2n) is 6.89. The first kappa shape index (κ1) is 23.1. The van der Waals surface area contributed by atoms with Crippen LogP contribution in [0.1, 0.15) is 23.7 Å². The van der Waals surface area contributed by atoms with E-state index in [0.29, 0.717) is 22.8 Å². The van der Waals surface area contributed by atoms with Crippen LogP contribution in [-0.2, 0) is 16.0 Å². The zero-order valence-corrected chi connectivity index (χ0v) is 18.8. The second-order valence-corrected chi connectivity index (χ2v) is 7.74. The number of carbonyl (C=O) groups excluding carboxylic acids is 1. The first-order valence-electron chi connectivity index (χ1n) is 9.75. The quantitative estimate of drug-likeness (QED) is 0.479. The Kier molecular flexibility index (Phi) is 7.67. The molecule has 2 aromatic carbocycles. The Labute approximate surface area is 189 Å². The van der Waals surface area contributed by atoms with E-state index >= 15 is 0 Å². The van der Waals surface area contributed by atoms with Crippen LogP contribution in [0.5, 0.6) is 17.2 Å². The molecule has 8 nitrogen and oxygen atoms in total. The van der Waals surface area contributed by atoms with Crippen LogP contribution in [0.4, 0.5) is 0 Å². The number of amides is 1. The minimum Gasteiger partial charge on any atom is -0.497 e. The molecule has 0 unspecified atom stereocenters. The van der Waals surface area contributed by atoms with Crippen LogP contribution in [0, 0.1) is 0 Å². The molecule has 1 amide bonds. The number of carboxylic acid groups (broad SMARTS) is 1. The fourth-order valence-corrected chi connectivity index (χ4v) is 4.00. The summed E-state index contributed by atoms with van der Waals surface area (Å²) in [5.74, 6) is 0.345. The number of hydrogen-bond donors (Lipinski definition) is 2. The summed E-state index contributed by atoms with van der Waals surface area (Å²) in [4.78, 5) is 28.6. The van der Waals surface area contributed by atoms with Crippen molar-refractivity contribution in [2.24, 2.45) is 0 Å². The lowest BCUT2D eigenvalue weighted by Gasteiger charge is -2.19. The van der Waals surface area contributed by atoms with Gasteiger partial charge in [-0.3, -0.25) is 9.59 Å². The molecule has 2 N–H and O–H groups in total. The average Bonchev–Trinajstić information content (AvgIpc) is 3.26. The number of ether oxygens (including phenoxy) is 3. The van der Waals surface area contributed by atoms with E-state index in [-0.39, 0.29) is 18.7 Å². The Hall–Kier alpha value is -3.59. The summed E-state index contributed by atoms with van der Waals surface area (Å²) in [6, 6.07) is 11.8. The van der Waals surface area contributed by atoms with E-state index < -0.39 is 12.0 Å². The Balaban J connectivity index is 1.73. The van der Waals surface area contributed by atoms with Crippen LogP contribution in [0.3, 0.4) is 0 Å². The van der Waals surface area contributed by atoms with Gasteiger partial charge in [0.15, 0.2) is 11.5 Å². The molecule has 0 bridgehead atoms. The van der Waals surface area contributed by atoms with Crippen molar-refractivity contribution < 1.29 is 28.9 Å². The Morgan fingerprint density at radius 1 is 1.06 bits per heavy atom. The zero-order valence-electron chi connectivity index (χ0n) is 18.0. The highest BCUT2D eigenvalue weighted by atomic mass is 32.1. The van der Waals surface area contributed by atoms with Gasteiger partial charge in [-0.2, -0.15) is 0 Å². The number of methoxy groups -OCH3 is 3. The molecular weight excluding hydrogens is 432 g/mol. The van der Waals surface area contributed by atoms with Crippen molar-refractivity contribution in [3.05, 3.63) is 59.1 Å². The highest BCUT2D eigenvalue weighted by Gasteiger charge is 2.21. The molecule has 168 valence electrons. The van der Waals surface area contributed by atoms with Crippen LogP contribution < -0.4 is 19.5 Å². The maximum Gasteiger partial charge on any atom is 0.305 e. The molecule has 3 rings (SSSR count). The van der Waals surface area contributed by atoms with Crippen molar-refractivity contribution >= 4 is 23.2 Å². The predicted molar refractivity (Wildman–Crippen MR) is 120 cm³/mol. The van der Waals surface area contributed by atoms with E-state index in [9.17, 15) is 14.7 Å². The SMILES string of the molecule is COc1cccc(-c2nc(CC(=O)N[C@H](CC(=O)O)c3ccc(OC)c(OC)c3)cs2)c1. The Morgan fingerprint density at radius 2 is 1.84 bits per heavy atom. The molecule has 0 saturated heterocycles. The third-order valence-corrected chi connectivity index (χ3v) is 5.67. The molecule has 0 aliphatic carbocycles. The fourth-order valence-electron chi connectivity index (χ4n) is 3.18. The van der Waals surface area contributed by atoms with Crippen LogP contribution >= 0.6 is 11.3 Å². The minimum absolute atomic E-state index is 0.0316. The van der Waals surface area contributed by atoms with Gasteiger partial charge in [0.1, 0.15) is 10.8 Å². The maximum absolute atomic E-state index is 12.7. The summed E-state index contributed by atoms with van der Waals surface area (Å²) in [5.41, 5.74) is 2.11. The van der Waals surface area contributed by atoms with Gasteiger partial charge in [-0.15, -0.1) is 11.3 Å². The fraction of sp³-hybridized carbons (Fsp3) is 0.261. The number of carbonyl (C=O) groups is 2. The van der Waals surface area contributed by atoms with Gasteiger partial charge in [0, 0.05) is 10.9 Å². The second kappa shape index (κ2) is 10.6. The van der Waals surface area contributed by atoms with Crippen molar-refractivity contribution in [1.29, 1.82) is 0 Å². The van der Waals surface area contributed by atoms with Crippen LogP contribution in [0.2, 0.25) is 0 Å². The molecule has 32 heavy (non-hydrogen) atoms. The van der Waals surface area contributed by atoms with Crippen LogP contribution in [0.15, 0.2) is 47.8 Å². The number of rotatable bonds is 10. The highest BCUT2D eigenvalue weighted by Crippen LogP contribution is 2.31. The van der Waals surface area contributed by atoms with E-state index in [1.54, 1.807) is 25.3 Å². The molecule has 9 heteroatoms. The number of nitrogens with one attached hydrogen (secondary N) is 1. The van der Waals surface area contributed by atoms with Crippen LogP contribution in [0.25, 0.3) is 10.6 Å². The minimum atomic E-state index is -1.03. The predicted octanol–water partition coefficient (Wildman–Crippen LogP) is 3.71. The highest BCUT2D eigenvalue weighted by molar-refractivity contribution is 7.13. The van der Waals surface area contributed by atoms with Crippen molar-refractivity contribution in [3.8, 4) is 27.8 Å². The van der Waals surface area contributed by atoms with Gasteiger partial charge in [-0.1, -0.05) is 18.2 Å². The number of nitrogens with zero attached hydrogens (tertiary/aromatic N) is 1. The number of thiazole rings is 1. The van der Waals surface area contributed by atoms with Crippen molar-refractivity contribution in [1.82, 2.24) is 10.3 Å². The molecule has 0 radical (unpaired) electrons. The molecule has 0 saturated carbocycles. The van der Waals surface area contributed by atoms with E-state index in [4.69, 9.17) is 14.2 Å². The van der Waals surface area contributed by atoms with Gasteiger partial charge in [-0.05, 0) is 29.8 Å². The van der Waals surface area contributed by atoms with E-state index in [2.05, 4.69) is 10.3 Å². The third-order valence-electron chi connectivity index (χ3n) is 4.73. The van der Waals surface area contributed by atoms with Gasteiger partial charge in [0.05, 0.1) is 45.9 Å². The van der Waals surface area contributed by atoms with E-state index in [1.165, 1.54) is 25.6 Å². The summed E-state index contributed by atoms with van der Waals surface area (Å²) in [7, 11) is 4.61. The van der Waals surface area contributed by atoms with Gasteiger partial charge in [0.25, 0.3) is 0 Å². The molecular formula is C23H24N2O6S. The summed E-state index contributed by atoms with van der Waals surface area (Å²) >= 11 is 1.43. The molecule has 1 atom stereocenters. The molecule has 0 aliphatic heterocycles. The van der Waals surface area contributed by atoms with Crippen molar-refractivity contribution in [3.63, 3.8) is 0 Å². The van der Waals surface area contributed by atoms with Gasteiger partial charge in [0.2, 0.25) is 5.91 Å². The number of aliphatic carboxylic acids is 1. The van der Waals surface area contributed by atoms with E-state index in [0.717, 1.165) is 16.3 Å². The molecule has 0 fully saturated rings. The Morgan fingerprint density at radius 3 is 2.53 bits per heavy atom. The molecule has 1 heterocycles.